The minimum atomic E-state index is -4.37. The minimum absolute atomic E-state index is 0.148. The Morgan fingerprint density at radius 2 is 1.76 bits per heavy atom. The number of piperazine rings is 1. The number of nitrogens with one attached hydrogen (secondary N) is 1. The molecule has 2 aliphatic rings. The highest BCUT2D eigenvalue weighted by atomic mass is 35.5. The van der Waals surface area contributed by atoms with E-state index in [4.69, 9.17) is 11.6 Å². The Bertz CT molecular complexity index is 848. The summed E-state index contributed by atoms with van der Waals surface area (Å²) in [7, 11) is 0. The maximum Gasteiger partial charge on any atom is 0.417 e. The molecule has 0 amide bonds. The predicted octanol–water partition coefficient (Wildman–Crippen LogP) is 3.21. The smallest absolute Gasteiger partial charge is 0.354 e. The number of aliphatic imine (C=N–C) groups is 1. The number of anilines is 1. The Morgan fingerprint density at radius 3 is 2.38 bits per heavy atom. The summed E-state index contributed by atoms with van der Waals surface area (Å²) in [5.41, 5.74) is 3.73. The second-order valence-corrected chi connectivity index (χ2v) is 7.38. The average Bonchev–Trinajstić information content (AvgIpc) is 3.18. The molecule has 1 unspecified atom stereocenters. The Balaban J connectivity index is 1.28. The quantitative estimate of drug-likeness (QED) is 0.816. The van der Waals surface area contributed by atoms with E-state index in [9.17, 15) is 13.2 Å². The number of rotatable bonds is 4. The van der Waals surface area contributed by atoms with Gasteiger partial charge in [-0.15, -0.1) is 0 Å². The summed E-state index contributed by atoms with van der Waals surface area (Å²) in [6.07, 6.45) is -1.85. The van der Waals surface area contributed by atoms with Gasteiger partial charge in [-0.3, -0.25) is 9.91 Å². The molecule has 10 heteroatoms. The molecule has 3 heterocycles. The second-order valence-electron chi connectivity index (χ2n) is 6.95. The summed E-state index contributed by atoms with van der Waals surface area (Å²) in [5, 5.41) is 2.63. The van der Waals surface area contributed by atoms with Crippen molar-refractivity contribution in [3.8, 4) is 0 Å². The van der Waals surface area contributed by atoms with Gasteiger partial charge in [0.2, 0.25) is 0 Å². The molecule has 6 nitrogen and oxygen atoms in total. The minimum Gasteiger partial charge on any atom is -0.354 e. The Labute approximate surface area is 171 Å². The summed E-state index contributed by atoms with van der Waals surface area (Å²) >= 11 is 5.92. The molecule has 1 saturated heterocycles. The van der Waals surface area contributed by atoms with Gasteiger partial charge in [0.05, 0.1) is 12.1 Å². The molecule has 1 atom stereocenters. The number of alkyl halides is 3. The van der Waals surface area contributed by atoms with Crippen LogP contribution >= 0.6 is 11.6 Å². The van der Waals surface area contributed by atoms with E-state index >= 15 is 0 Å². The third kappa shape index (κ3) is 4.80. The molecule has 0 spiro atoms. The first kappa shape index (κ1) is 19.9. The summed E-state index contributed by atoms with van der Waals surface area (Å²) in [5.74, 6) is 0.560. The largest absolute Gasteiger partial charge is 0.417 e. The van der Waals surface area contributed by atoms with Gasteiger partial charge in [0.15, 0.2) is 6.29 Å². The van der Waals surface area contributed by atoms with Crippen molar-refractivity contribution in [3.05, 3.63) is 58.7 Å². The van der Waals surface area contributed by atoms with Crippen LogP contribution in [0.5, 0.6) is 0 Å². The molecule has 1 N–H and O–H groups in total. The van der Waals surface area contributed by atoms with Crippen molar-refractivity contribution in [3.63, 3.8) is 0 Å². The maximum absolute atomic E-state index is 12.7. The van der Waals surface area contributed by atoms with E-state index in [-0.39, 0.29) is 6.29 Å². The third-order valence-electron chi connectivity index (χ3n) is 4.95. The Morgan fingerprint density at radius 1 is 1.03 bits per heavy atom. The summed E-state index contributed by atoms with van der Waals surface area (Å²) in [6, 6.07) is 10.2. The van der Waals surface area contributed by atoms with Gasteiger partial charge in [-0.25, -0.2) is 9.98 Å². The number of hydrogen-bond donors (Lipinski definition) is 1. The van der Waals surface area contributed by atoms with Gasteiger partial charge in [0, 0.05) is 37.4 Å². The zero-order valence-electron chi connectivity index (χ0n) is 15.5. The lowest BCUT2D eigenvalue weighted by atomic mass is 10.2. The zero-order valence-corrected chi connectivity index (χ0v) is 16.2. The Kier molecular flexibility index (Phi) is 5.62. The first-order valence-electron chi connectivity index (χ1n) is 9.21. The van der Waals surface area contributed by atoms with Crippen molar-refractivity contribution in [2.24, 2.45) is 4.99 Å². The second kappa shape index (κ2) is 8.17. The molecule has 154 valence electrons. The van der Waals surface area contributed by atoms with Crippen molar-refractivity contribution >= 4 is 23.8 Å². The molecule has 1 aromatic heterocycles. The van der Waals surface area contributed by atoms with Crippen molar-refractivity contribution < 1.29 is 13.2 Å². The van der Waals surface area contributed by atoms with E-state index < -0.39 is 11.7 Å². The topological polar surface area (TPSA) is 47.0 Å². The Hall–Kier alpha value is -2.36. The number of aromatic nitrogens is 1. The number of benzene rings is 1. The molecule has 0 bridgehead atoms. The van der Waals surface area contributed by atoms with Crippen LogP contribution < -0.4 is 10.3 Å². The van der Waals surface area contributed by atoms with E-state index in [1.54, 1.807) is 6.34 Å². The predicted molar refractivity (Wildman–Crippen MR) is 105 cm³/mol. The SMILES string of the molecule is FC(F)(F)c1ccc(N2CCN(C3N=CN(Cc4ccc(Cl)cc4)N3)CC2)nc1. The number of halogens is 4. The van der Waals surface area contributed by atoms with E-state index in [0.717, 1.165) is 30.9 Å². The van der Waals surface area contributed by atoms with E-state index in [2.05, 4.69) is 20.3 Å². The molecule has 4 rings (SSSR count). The molecule has 0 saturated carbocycles. The fraction of sp³-hybridized carbons (Fsp3) is 0.368. The molecule has 1 aromatic carbocycles. The molecule has 1 fully saturated rings. The molecule has 0 aliphatic carbocycles. The van der Waals surface area contributed by atoms with Gasteiger partial charge in [0.1, 0.15) is 12.2 Å². The number of pyridine rings is 1. The highest BCUT2D eigenvalue weighted by Gasteiger charge is 2.31. The molecule has 2 aromatic rings. The van der Waals surface area contributed by atoms with Crippen LogP contribution in [0, 0.1) is 0 Å². The van der Waals surface area contributed by atoms with Crippen molar-refractivity contribution in [2.75, 3.05) is 31.1 Å². The van der Waals surface area contributed by atoms with Crippen LogP contribution in [-0.2, 0) is 12.7 Å². The van der Waals surface area contributed by atoms with Crippen LogP contribution in [-0.4, -0.2) is 53.7 Å². The van der Waals surface area contributed by atoms with Crippen LogP contribution in [0.1, 0.15) is 11.1 Å². The average molecular weight is 425 g/mol. The van der Waals surface area contributed by atoms with Gasteiger partial charge in [0.25, 0.3) is 0 Å². The van der Waals surface area contributed by atoms with Crippen LogP contribution in [0.3, 0.4) is 0 Å². The van der Waals surface area contributed by atoms with Crippen LogP contribution in [0.4, 0.5) is 19.0 Å². The third-order valence-corrected chi connectivity index (χ3v) is 5.21. The van der Waals surface area contributed by atoms with Gasteiger partial charge in [-0.05, 0) is 29.8 Å². The summed E-state index contributed by atoms with van der Waals surface area (Å²) in [4.78, 5) is 12.7. The monoisotopic (exact) mass is 424 g/mol. The number of hydrogen-bond acceptors (Lipinski definition) is 6. The standard InChI is InChI=1S/C19H20ClF3N6/c20-16-4-1-14(2-5-16)12-29-13-25-18(26-29)28-9-7-27(8-10-28)17-6-3-15(11-24-17)19(21,22)23/h1-6,11,13,18,26H,7-10,12H2. The van der Waals surface area contributed by atoms with Gasteiger partial charge < -0.3 is 4.90 Å². The fourth-order valence-electron chi connectivity index (χ4n) is 3.34. The number of hydrazine groups is 1. The van der Waals surface area contributed by atoms with Crippen molar-refractivity contribution in [2.45, 2.75) is 19.0 Å². The molecule has 29 heavy (non-hydrogen) atoms. The lowest BCUT2D eigenvalue weighted by molar-refractivity contribution is -0.137. The molecule has 2 aliphatic heterocycles. The van der Waals surface area contributed by atoms with E-state index in [1.165, 1.54) is 6.07 Å². The van der Waals surface area contributed by atoms with Crippen LogP contribution in [0.2, 0.25) is 5.02 Å². The molecule has 0 radical (unpaired) electrons. The normalized spacial score (nSPS) is 20.5. The van der Waals surface area contributed by atoms with Gasteiger partial charge in [-0.2, -0.15) is 18.6 Å². The van der Waals surface area contributed by atoms with E-state index in [0.29, 0.717) is 30.5 Å². The molecular formula is C19H20ClF3N6. The maximum atomic E-state index is 12.7. The van der Waals surface area contributed by atoms with Crippen molar-refractivity contribution in [1.82, 2.24) is 20.3 Å². The lowest BCUT2D eigenvalue weighted by Crippen LogP contribution is -2.54. The highest BCUT2D eigenvalue weighted by Crippen LogP contribution is 2.29. The first-order valence-corrected chi connectivity index (χ1v) is 9.59. The summed E-state index contributed by atoms with van der Waals surface area (Å²) in [6.45, 7) is 3.47. The van der Waals surface area contributed by atoms with Crippen LogP contribution in [0.15, 0.2) is 47.6 Å². The van der Waals surface area contributed by atoms with Gasteiger partial charge in [-0.1, -0.05) is 23.7 Å². The van der Waals surface area contributed by atoms with E-state index in [1.807, 2.05) is 34.2 Å². The fourth-order valence-corrected chi connectivity index (χ4v) is 3.47. The molecular weight excluding hydrogens is 405 g/mol. The zero-order chi connectivity index (χ0) is 20.4. The van der Waals surface area contributed by atoms with Gasteiger partial charge >= 0.3 is 6.18 Å². The van der Waals surface area contributed by atoms with Crippen molar-refractivity contribution in [1.29, 1.82) is 0 Å². The first-order chi connectivity index (χ1) is 13.9. The summed E-state index contributed by atoms with van der Waals surface area (Å²) < 4.78 is 38.0. The van der Waals surface area contributed by atoms with Crippen LogP contribution in [0.25, 0.3) is 0 Å². The lowest BCUT2D eigenvalue weighted by Gasteiger charge is -2.37. The number of nitrogens with zero attached hydrogens (tertiary/aromatic N) is 5. The highest BCUT2D eigenvalue weighted by molar-refractivity contribution is 6.30.